The first-order valence-electron chi connectivity index (χ1n) is 8.73. The average Bonchev–Trinajstić information content (AvgIpc) is 2.42. The molecular formula is C18H37NO. The van der Waals surface area contributed by atoms with E-state index in [1.54, 1.807) is 0 Å². The highest BCUT2D eigenvalue weighted by Crippen LogP contribution is 2.38. The number of nitrogens with one attached hydrogen (secondary N) is 1. The van der Waals surface area contributed by atoms with Crippen LogP contribution in [0.5, 0.6) is 0 Å². The molecule has 0 spiro atoms. The summed E-state index contributed by atoms with van der Waals surface area (Å²) in [6.45, 7) is 14.7. The van der Waals surface area contributed by atoms with Crippen LogP contribution in [0.4, 0.5) is 0 Å². The molecule has 20 heavy (non-hydrogen) atoms. The summed E-state index contributed by atoms with van der Waals surface area (Å²) in [5.74, 6) is 0.877. The van der Waals surface area contributed by atoms with Crippen LogP contribution in [-0.4, -0.2) is 25.3 Å². The highest BCUT2D eigenvalue weighted by molar-refractivity contribution is 4.86. The van der Waals surface area contributed by atoms with Gasteiger partial charge in [0.15, 0.2) is 0 Å². The van der Waals surface area contributed by atoms with Gasteiger partial charge >= 0.3 is 0 Å². The van der Waals surface area contributed by atoms with Crippen LogP contribution >= 0.6 is 0 Å². The minimum Gasteiger partial charge on any atom is -0.381 e. The van der Waals surface area contributed by atoms with Gasteiger partial charge in [-0.25, -0.2) is 0 Å². The second kappa shape index (κ2) is 8.38. The molecule has 0 aromatic rings. The van der Waals surface area contributed by atoms with Crippen molar-refractivity contribution in [1.82, 2.24) is 5.32 Å². The lowest BCUT2D eigenvalue weighted by Crippen LogP contribution is -2.45. The number of ether oxygens (including phenoxy) is 1. The Morgan fingerprint density at radius 1 is 1.10 bits per heavy atom. The van der Waals surface area contributed by atoms with Gasteiger partial charge < -0.3 is 10.1 Å². The van der Waals surface area contributed by atoms with E-state index in [2.05, 4.69) is 39.9 Å². The van der Waals surface area contributed by atoms with Crippen LogP contribution in [0.3, 0.4) is 0 Å². The predicted molar refractivity (Wildman–Crippen MR) is 88.2 cm³/mol. The Kier molecular flexibility index (Phi) is 7.53. The third-order valence-electron chi connectivity index (χ3n) is 4.87. The van der Waals surface area contributed by atoms with E-state index < -0.39 is 0 Å². The van der Waals surface area contributed by atoms with E-state index in [0.29, 0.717) is 5.41 Å². The lowest BCUT2D eigenvalue weighted by molar-refractivity contribution is 0.0415. The van der Waals surface area contributed by atoms with Gasteiger partial charge in [-0.2, -0.15) is 0 Å². The Labute approximate surface area is 127 Å². The molecule has 2 heteroatoms. The van der Waals surface area contributed by atoms with Crippen LogP contribution in [0.1, 0.15) is 79.6 Å². The van der Waals surface area contributed by atoms with E-state index in [4.69, 9.17) is 4.74 Å². The smallest absolute Gasteiger partial charge is 0.0468 e. The van der Waals surface area contributed by atoms with Gasteiger partial charge in [-0.15, -0.1) is 0 Å². The fraction of sp³-hybridized carbons (Fsp3) is 1.00. The Bertz CT molecular complexity index is 253. The summed E-state index contributed by atoms with van der Waals surface area (Å²) in [6.07, 6.45) is 9.27. The van der Waals surface area contributed by atoms with Crippen LogP contribution in [0.25, 0.3) is 0 Å². The van der Waals surface area contributed by atoms with Crippen LogP contribution in [0, 0.1) is 11.3 Å². The zero-order valence-electron chi connectivity index (χ0n) is 14.6. The zero-order chi connectivity index (χ0) is 15.1. The van der Waals surface area contributed by atoms with Crippen LogP contribution < -0.4 is 5.32 Å². The summed E-state index contributed by atoms with van der Waals surface area (Å²) < 4.78 is 5.53. The molecule has 0 aliphatic carbocycles. The number of hydrogen-bond acceptors (Lipinski definition) is 2. The van der Waals surface area contributed by atoms with Gasteiger partial charge in [0.1, 0.15) is 0 Å². The van der Waals surface area contributed by atoms with Crippen molar-refractivity contribution in [2.45, 2.75) is 85.1 Å². The van der Waals surface area contributed by atoms with E-state index >= 15 is 0 Å². The molecule has 0 aromatic carbocycles. The lowest BCUT2D eigenvalue weighted by atomic mass is 9.71. The van der Waals surface area contributed by atoms with Crippen LogP contribution in [0.15, 0.2) is 0 Å². The van der Waals surface area contributed by atoms with Crippen molar-refractivity contribution in [2.24, 2.45) is 11.3 Å². The molecule has 0 amide bonds. The number of rotatable bonds is 8. The molecule has 2 nitrogen and oxygen atoms in total. The van der Waals surface area contributed by atoms with Crippen LogP contribution in [-0.2, 0) is 4.74 Å². The van der Waals surface area contributed by atoms with E-state index in [-0.39, 0.29) is 5.54 Å². The second-order valence-corrected chi connectivity index (χ2v) is 7.82. The van der Waals surface area contributed by atoms with E-state index in [1.165, 1.54) is 51.5 Å². The Hall–Kier alpha value is -0.0800. The Morgan fingerprint density at radius 2 is 1.75 bits per heavy atom. The molecule has 0 saturated carbocycles. The molecule has 120 valence electrons. The van der Waals surface area contributed by atoms with Gasteiger partial charge in [0.05, 0.1) is 0 Å². The molecule has 1 rings (SSSR count). The summed E-state index contributed by atoms with van der Waals surface area (Å²) >= 11 is 0. The molecular weight excluding hydrogens is 246 g/mol. The first-order chi connectivity index (χ1) is 9.41. The minimum absolute atomic E-state index is 0.225. The normalized spacial score (nSPS) is 20.9. The molecule has 1 heterocycles. The Morgan fingerprint density at radius 3 is 2.25 bits per heavy atom. The van der Waals surface area contributed by atoms with Crippen molar-refractivity contribution in [1.29, 1.82) is 0 Å². The highest BCUT2D eigenvalue weighted by atomic mass is 16.5. The highest BCUT2D eigenvalue weighted by Gasteiger charge is 2.32. The summed E-state index contributed by atoms with van der Waals surface area (Å²) in [5, 5.41) is 3.78. The van der Waals surface area contributed by atoms with Crippen molar-refractivity contribution < 1.29 is 4.74 Å². The van der Waals surface area contributed by atoms with Gasteiger partial charge in [-0.3, -0.25) is 0 Å². The topological polar surface area (TPSA) is 21.3 Å². The average molecular weight is 284 g/mol. The van der Waals surface area contributed by atoms with Gasteiger partial charge in [0.2, 0.25) is 0 Å². The summed E-state index contributed by atoms with van der Waals surface area (Å²) in [6, 6.07) is 0. The van der Waals surface area contributed by atoms with Crippen molar-refractivity contribution in [2.75, 3.05) is 19.8 Å². The third-order valence-corrected chi connectivity index (χ3v) is 4.87. The van der Waals surface area contributed by atoms with E-state index in [1.807, 2.05) is 0 Å². The standard InChI is InChI=1S/C18H37NO/c1-6-8-11-18(7-2,15-19-17(3,4)5)14-16-9-12-20-13-10-16/h16,19H,6-15H2,1-5H3. The fourth-order valence-corrected chi connectivity index (χ4v) is 3.28. The molecule has 0 bridgehead atoms. The molecule has 1 aliphatic heterocycles. The summed E-state index contributed by atoms with van der Waals surface area (Å²) in [5.41, 5.74) is 0.716. The van der Waals surface area contributed by atoms with Gasteiger partial charge in [-0.1, -0.05) is 26.7 Å². The monoisotopic (exact) mass is 283 g/mol. The predicted octanol–water partition coefficient (Wildman–Crippen LogP) is 4.78. The zero-order valence-corrected chi connectivity index (χ0v) is 14.6. The molecule has 0 radical (unpaired) electrons. The van der Waals surface area contributed by atoms with Crippen molar-refractivity contribution in [3.05, 3.63) is 0 Å². The first kappa shape index (κ1) is 18.0. The van der Waals surface area contributed by atoms with Crippen molar-refractivity contribution >= 4 is 0 Å². The van der Waals surface area contributed by atoms with Gasteiger partial charge in [0, 0.05) is 25.3 Å². The molecule has 0 aromatic heterocycles. The van der Waals surface area contributed by atoms with Crippen molar-refractivity contribution in [3.63, 3.8) is 0 Å². The third kappa shape index (κ3) is 6.58. The van der Waals surface area contributed by atoms with Gasteiger partial charge in [-0.05, 0) is 64.2 Å². The molecule has 1 N–H and O–H groups in total. The first-order valence-corrected chi connectivity index (χ1v) is 8.73. The second-order valence-electron chi connectivity index (χ2n) is 7.82. The molecule has 1 unspecified atom stereocenters. The Balaban J connectivity index is 2.64. The fourth-order valence-electron chi connectivity index (χ4n) is 3.28. The quantitative estimate of drug-likeness (QED) is 0.692. The summed E-state index contributed by atoms with van der Waals surface area (Å²) in [7, 11) is 0. The number of unbranched alkanes of at least 4 members (excludes halogenated alkanes) is 1. The molecule has 1 atom stereocenters. The number of hydrogen-bond donors (Lipinski definition) is 1. The van der Waals surface area contributed by atoms with Crippen molar-refractivity contribution in [3.8, 4) is 0 Å². The summed E-state index contributed by atoms with van der Waals surface area (Å²) in [4.78, 5) is 0. The largest absolute Gasteiger partial charge is 0.381 e. The maximum absolute atomic E-state index is 5.53. The maximum atomic E-state index is 5.53. The molecule has 1 aliphatic rings. The lowest BCUT2D eigenvalue weighted by Gasteiger charge is -2.40. The molecule has 1 fully saturated rings. The minimum atomic E-state index is 0.225. The van der Waals surface area contributed by atoms with Crippen LogP contribution in [0.2, 0.25) is 0 Å². The molecule has 1 saturated heterocycles. The van der Waals surface area contributed by atoms with Gasteiger partial charge in [0.25, 0.3) is 0 Å². The SMILES string of the molecule is CCCCC(CC)(CNC(C)(C)C)CC1CCOCC1. The maximum Gasteiger partial charge on any atom is 0.0468 e. The van der Waals surface area contributed by atoms with E-state index in [0.717, 1.165) is 19.1 Å². The van der Waals surface area contributed by atoms with E-state index in [9.17, 15) is 0 Å².